The van der Waals surface area contributed by atoms with Crippen LogP contribution in [-0.2, 0) is 9.53 Å². The van der Waals surface area contributed by atoms with Crippen molar-refractivity contribution in [2.45, 2.75) is 86.7 Å². The molecule has 1 atom stereocenters. The van der Waals surface area contributed by atoms with Crippen LogP contribution in [0, 0.1) is 34.5 Å². The normalized spacial score (nSPS) is 30.1. The minimum absolute atomic E-state index is 0.0758. The summed E-state index contributed by atoms with van der Waals surface area (Å²) in [5.41, 5.74) is -0.0775. The smallest absolute Gasteiger partial charge is 0.312 e. The molecule has 0 aromatic rings. The number of ether oxygens (including phenoxy) is 1. The van der Waals surface area contributed by atoms with Crippen LogP contribution in [0.4, 0.5) is 0 Å². The van der Waals surface area contributed by atoms with E-state index in [0.29, 0.717) is 0 Å². The molecular weight excluding hydrogens is 274 g/mol. The minimum Gasteiger partial charge on any atom is -0.462 e. The van der Waals surface area contributed by atoms with Crippen molar-refractivity contribution in [2.24, 2.45) is 23.2 Å². The average molecular weight is 309 g/mol. The molecule has 3 heteroatoms. The van der Waals surface area contributed by atoms with Gasteiger partial charge in [-0.1, -0.05) is 27.7 Å². The summed E-state index contributed by atoms with van der Waals surface area (Å²) in [5.74, 6) is 1.90. The van der Waals surface area contributed by atoms with Crippen LogP contribution in [0.15, 0.2) is 0 Å². The summed E-state index contributed by atoms with van der Waals surface area (Å²) in [4.78, 5) is 11.6. The van der Waals surface area contributed by atoms with Gasteiger partial charge in [0.05, 0.1) is 11.5 Å². The molecular formula is C19H35NO2. The lowest BCUT2D eigenvalue weighted by Crippen LogP contribution is -2.31. The number of cyclic esters (lactones) is 1. The highest BCUT2D eigenvalue weighted by Gasteiger charge is 2.48. The van der Waals surface area contributed by atoms with E-state index < -0.39 is 0 Å². The first kappa shape index (κ1) is 21.0. The van der Waals surface area contributed by atoms with E-state index in [4.69, 9.17) is 10.00 Å². The van der Waals surface area contributed by atoms with Gasteiger partial charge in [0.2, 0.25) is 0 Å². The SMILES string of the molecule is CC(C)C.CC(C)C#N.CC1CCC2(CC1)CC(C)OC2=O. The Morgan fingerprint density at radius 3 is 1.82 bits per heavy atom. The van der Waals surface area contributed by atoms with Gasteiger partial charge in [0.25, 0.3) is 0 Å². The number of nitriles is 1. The van der Waals surface area contributed by atoms with Crippen LogP contribution in [-0.4, -0.2) is 12.1 Å². The number of carbonyl (C=O) groups excluding carboxylic acids is 1. The molecule has 0 radical (unpaired) electrons. The lowest BCUT2D eigenvalue weighted by atomic mass is 9.69. The Morgan fingerprint density at radius 2 is 1.55 bits per heavy atom. The first-order chi connectivity index (χ1) is 10.1. The summed E-state index contributed by atoms with van der Waals surface area (Å²) in [5, 5.41) is 7.89. The molecule has 0 amide bonds. The molecule has 1 aliphatic heterocycles. The molecule has 0 bridgehead atoms. The van der Waals surface area contributed by atoms with Crippen LogP contribution >= 0.6 is 0 Å². The molecule has 1 aliphatic carbocycles. The zero-order valence-electron chi connectivity index (χ0n) is 15.6. The van der Waals surface area contributed by atoms with E-state index in [1.165, 1.54) is 12.8 Å². The second-order valence-corrected chi connectivity index (χ2v) is 7.90. The maximum absolute atomic E-state index is 11.6. The zero-order chi connectivity index (χ0) is 17.3. The highest BCUT2D eigenvalue weighted by Crippen LogP contribution is 2.47. The summed E-state index contributed by atoms with van der Waals surface area (Å²) in [6, 6.07) is 2.03. The summed E-state index contributed by atoms with van der Waals surface area (Å²) in [7, 11) is 0. The predicted molar refractivity (Wildman–Crippen MR) is 91.2 cm³/mol. The summed E-state index contributed by atoms with van der Waals surface area (Å²) >= 11 is 0. The van der Waals surface area contributed by atoms with Gasteiger partial charge in [-0.2, -0.15) is 5.26 Å². The fourth-order valence-corrected chi connectivity index (χ4v) is 2.71. The Balaban J connectivity index is 0.000000411. The molecule has 128 valence electrons. The standard InChI is InChI=1S/C11H18O2.C4H7N.C4H10/c1-8-3-5-11(6-4-8)7-9(2)13-10(11)12;1-4(2)3-5;1-4(2)3/h8-9H,3-7H2,1-2H3;4H,1-2H3;4H,1-3H3. The highest BCUT2D eigenvalue weighted by atomic mass is 16.6. The molecule has 0 N–H and O–H groups in total. The topological polar surface area (TPSA) is 50.1 Å². The first-order valence-electron chi connectivity index (χ1n) is 8.73. The van der Waals surface area contributed by atoms with Crippen molar-refractivity contribution in [1.82, 2.24) is 0 Å². The van der Waals surface area contributed by atoms with Gasteiger partial charge in [-0.05, 0) is 58.3 Å². The van der Waals surface area contributed by atoms with Gasteiger partial charge in [0, 0.05) is 12.3 Å². The largest absolute Gasteiger partial charge is 0.462 e. The van der Waals surface area contributed by atoms with Crippen molar-refractivity contribution in [3.05, 3.63) is 0 Å². The zero-order valence-corrected chi connectivity index (χ0v) is 15.6. The van der Waals surface area contributed by atoms with Crippen LogP contribution in [0.3, 0.4) is 0 Å². The summed E-state index contributed by atoms with van der Waals surface area (Å²) in [6.07, 6.45) is 5.61. The quantitative estimate of drug-likeness (QED) is 0.567. The van der Waals surface area contributed by atoms with E-state index in [2.05, 4.69) is 27.7 Å². The summed E-state index contributed by atoms with van der Waals surface area (Å²) in [6.45, 7) is 14.5. The Morgan fingerprint density at radius 1 is 1.14 bits per heavy atom. The van der Waals surface area contributed by atoms with Crippen LogP contribution in [0.2, 0.25) is 0 Å². The van der Waals surface area contributed by atoms with E-state index in [1.807, 2.05) is 26.8 Å². The number of nitrogens with zero attached hydrogens (tertiary/aromatic N) is 1. The van der Waals surface area contributed by atoms with Gasteiger partial charge < -0.3 is 4.74 Å². The molecule has 2 aliphatic rings. The fourth-order valence-electron chi connectivity index (χ4n) is 2.71. The average Bonchev–Trinajstić information content (AvgIpc) is 2.68. The van der Waals surface area contributed by atoms with Gasteiger partial charge in [-0.25, -0.2) is 0 Å². The van der Waals surface area contributed by atoms with Crippen molar-refractivity contribution in [1.29, 1.82) is 5.26 Å². The van der Waals surface area contributed by atoms with Crippen molar-refractivity contribution in [3.63, 3.8) is 0 Å². The summed E-state index contributed by atoms with van der Waals surface area (Å²) < 4.78 is 5.25. The second-order valence-electron chi connectivity index (χ2n) is 7.90. The highest BCUT2D eigenvalue weighted by molar-refractivity contribution is 5.79. The third-order valence-corrected chi connectivity index (χ3v) is 3.91. The number of hydrogen-bond acceptors (Lipinski definition) is 3. The Labute approximate surface area is 137 Å². The monoisotopic (exact) mass is 309 g/mol. The Hall–Kier alpha value is -1.04. The van der Waals surface area contributed by atoms with Gasteiger partial charge in [0.1, 0.15) is 6.10 Å². The van der Waals surface area contributed by atoms with Crippen molar-refractivity contribution in [3.8, 4) is 6.07 Å². The minimum atomic E-state index is -0.0775. The maximum Gasteiger partial charge on any atom is 0.312 e. The van der Waals surface area contributed by atoms with E-state index in [-0.39, 0.29) is 23.4 Å². The van der Waals surface area contributed by atoms with E-state index in [9.17, 15) is 4.79 Å². The molecule has 0 aromatic carbocycles. The van der Waals surface area contributed by atoms with Gasteiger partial charge in [-0.3, -0.25) is 4.79 Å². The number of rotatable bonds is 0. The van der Waals surface area contributed by atoms with Gasteiger partial charge >= 0.3 is 5.97 Å². The first-order valence-corrected chi connectivity index (χ1v) is 8.73. The molecule has 1 unspecified atom stereocenters. The van der Waals surface area contributed by atoms with Crippen molar-refractivity contribution >= 4 is 5.97 Å². The number of carbonyl (C=O) groups is 1. The molecule has 22 heavy (non-hydrogen) atoms. The number of esters is 1. The van der Waals surface area contributed by atoms with Crippen LogP contribution < -0.4 is 0 Å². The van der Waals surface area contributed by atoms with Crippen molar-refractivity contribution in [2.75, 3.05) is 0 Å². The predicted octanol–water partition coefficient (Wildman–Crippen LogP) is 5.35. The molecule has 2 fully saturated rings. The van der Waals surface area contributed by atoms with Gasteiger partial charge in [-0.15, -0.1) is 0 Å². The second kappa shape index (κ2) is 9.87. The van der Waals surface area contributed by atoms with Gasteiger partial charge in [0.15, 0.2) is 0 Å². The van der Waals surface area contributed by atoms with E-state index in [1.54, 1.807) is 0 Å². The van der Waals surface area contributed by atoms with Crippen LogP contribution in [0.25, 0.3) is 0 Å². The number of hydrogen-bond donors (Lipinski definition) is 0. The van der Waals surface area contributed by atoms with Crippen LogP contribution in [0.5, 0.6) is 0 Å². The molecule has 1 spiro atoms. The van der Waals surface area contributed by atoms with Crippen LogP contribution in [0.1, 0.15) is 80.6 Å². The molecule has 3 nitrogen and oxygen atoms in total. The Kier molecular flexibility index (Phi) is 9.41. The third kappa shape index (κ3) is 7.82. The lowest BCUT2D eigenvalue weighted by molar-refractivity contribution is -0.150. The maximum atomic E-state index is 11.6. The fraction of sp³-hybridized carbons (Fsp3) is 0.895. The molecule has 2 rings (SSSR count). The van der Waals surface area contributed by atoms with Crippen molar-refractivity contribution < 1.29 is 9.53 Å². The lowest BCUT2D eigenvalue weighted by Gasteiger charge is -2.32. The van der Waals surface area contributed by atoms with E-state index >= 15 is 0 Å². The molecule has 1 heterocycles. The molecule has 0 aromatic heterocycles. The third-order valence-electron chi connectivity index (χ3n) is 3.91. The molecule has 1 saturated heterocycles. The van der Waals surface area contributed by atoms with E-state index in [0.717, 1.165) is 31.1 Å². The molecule has 1 saturated carbocycles. The Bertz CT molecular complexity index is 357.